The minimum absolute atomic E-state index is 0.176. The fraction of sp³-hybridized carbons (Fsp3) is 0.517. The number of carbonyl (C=O) groups excluding carboxylic acids is 2. The Labute approximate surface area is 235 Å². The van der Waals surface area contributed by atoms with Gasteiger partial charge in [0.25, 0.3) is 5.91 Å². The number of nitrogens with one attached hydrogen (secondary N) is 2. The molecule has 0 spiro atoms. The first-order valence-electron chi connectivity index (χ1n) is 13.8. The number of rotatable bonds is 8. The predicted molar refractivity (Wildman–Crippen MR) is 141 cm³/mol. The fourth-order valence-electron chi connectivity index (χ4n) is 5.90. The van der Waals surface area contributed by atoms with E-state index in [4.69, 9.17) is 14.2 Å². The van der Waals surface area contributed by atoms with E-state index in [9.17, 15) is 27.9 Å². The van der Waals surface area contributed by atoms with Crippen molar-refractivity contribution in [2.24, 2.45) is 0 Å². The Morgan fingerprint density at radius 1 is 1.10 bits per heavy atom. The quantitative estimate of drug-likeness (QED) is 0.442. The first-order valence-corrected chi connectivity index (χ1v) is 13.8. The van der Waals surface area contributed by atoms with Crippen LogP contribution in [-0.4, -0.2) is 73.0 Å². The lowest BCUT2D eigenvalue weighted by molar-refractivity contribution is -0.137. The molecule has 3 aliphatic rings. The van der Waals surface area contributed by atoms with Crippen LogP contribution >= 0.6 is 0 Å². The second-order valence-corrected chi connectivity index (χ2v) is 10.7. The SMILES string of the molecule is CCO[C@@H]1CN(C2CCC(O)(c3ccc4c(c3)OCO4)CC2)C[C@@H]1NC(=O)CNC(=O)c1cccc(C(F)(F)F)c1. The average Bonchev–Trinajstić information content (AvgIpc) is 3.58. The van der Waals surface area contributed by atoms with Gasteiger partial charge in [-0.05, 0) is 68.5 Å². The molecule has 41 heavy (non-hydrogen) atoms. The molecule has 2 aliphatic heterocycles. The van der Waals surface area contributed by atoms with Crippen LogP contribution in [0.1, 0.15) is 54.1 Å². The number of halogens is 3. The number of hydrogen-bond donors (Lipinski definition) is 3. The molecule has 2 heterocycles. The van der Waals surface area contributed by atoms with Gasteiger partial charge in [-0.1, -0.05) is 12.1 Å². The van der Waals surface area contributed by atoms with Crippen molar-refractivity contribution in [2.75, 3.05) is 33.0 Å². The van der Waals surface area contributed by atoms with Crippen molar-refractivity contribution in [2.45, 2.75) is 62.6 Å². The second kappa shape index (κ2) is 11.9. The maximum Gasteiger partial charge on any atom is 0.416 e. The molecule has 0 unspecified atom stereocenters. The van der Waals surface area contributed by atoms with Gasteiger partial charge in [0, 0.05) is 31.3 Å². The Bertz CT molecular complexity index is 1260. The molecule has 1 aliphatic carbocycles. The first kappa shape index (κ1) is 29.2. The van der Waals surface area contributed by atoms with Crippen molar-refractivity contribution < 1.29 is 42.1 Å². The summed E-state index contributed by atoms with van der Waals surface area (Å²) in [6.45, 7) is 3.30. The Morgan fingerprint density at radius 2 is 1.85 bits per heavy atom. The van der Waals surface area contributed by atoms with Crippen LogP contribution in [0.2, 0.25) is 0 Å². The topological polar surface area (TPSA) is 109 Å². The number of carbonyl (C=O) groups is 2. The molecule has 1 saturated heterocycles. The van der Waals surface area contributed by atoms with Crippen LogP contribution in [0.5, 0.6) is 11.5 Å². The number of amides is 2. The van der Waals surface area contributed by atoms with E-state index in [-0.39, 0.29) is 37.1 Å². The van der Waals surface area contributed by atoms with Gasteiger partial charge in [0.15, 0.2) is 11.5 Å². The van der Waals surface area contributed by atoms with E-state index in [1.807, 2.05) is 25.1 Å². The minimum Gasteiger partial charge on any atom is -0.454 e. The van der Waals surface area contributed by atoms with Gasteiger partial charge in [-0.25, -0.2) is 0 Å². The minimum atomic E-state index is -4.57. The van der Waals surface area contributed by atoms with Crippen molar-refractivity contribution >= 4 is 11.8 Å². The molecule has 2 amide bonds. The van der Waals surface area contributed by atoms with E-state index in [2.05, 4.69) is 15.5 Å². The third kappa shape index (κ3) is 6.60. The molecule has 2 aromatic rings. The molecule has 0 aromatic heterocycles. The van der Waals surface area contributed by atoms with Crippen molar-refractivity contribution in [3.05, 3.63) is 59.2 Å². The van der Waals surface area contributed by atoms with E-state index < -0.39 is 29.2 Å². The summed E-state index contributed by atoms with van der Waals surface area (Å²) in [5.74, 6) is 0.0932. The monoisotopic (exact) mass is 577 g/mol. The molecule has 12 heteroatoms. The third-order valence-corrected chi connectivity index (χ3v) is 8.09. The number of aliphatic hydroxyl groups is 1. The highest BCUT2D eigenvalue weighted by Crippen LogP contribution is 2.43. The van der Waals surface area contributed by atoms with Crippen molar-refractivity contribution in [1.82, 2.24) is 15.5 Å². The molecule has 2 fully saturated rings. The van der Waals surface area contributed by atoms with E-state index in [1.54, 1.807) is 0 Å². The maximum absolute atomic E-state index is 13.0. The zero-order valence-electron chi connectivity index (χ0n) is 22.7. The molecule has 0 bridgehead atoms. The van der Waals surface area contributed by atoms with Gasteiger partial charge in [0.05, 0.1) is 29.9 Å². The molecule has 2 atom stereocenters. The van der Waals surface area contributed by atoms with E-state index in [1.165, 1.54) is 6.07 Å². The summed E-state index contributed by atoms with van der Waals surface area (Å²) in [6.07, 6.45) is -2.15. The van der Waals surface area contributed by atoms with Crippen LogP contribution in [0.15, 0.2) is 42.5 Å². The lowest BCUT2D eigenvalue weighted by Gasteiger charge is -2.40. The van der Waals surface area contributed by atoms with Gasteiger partial charge in [0.1, 0.15) is 0 Å². The smallest absolute Gasteiger partial charge is 0.416 e. The molecule has 2 aromatic carbocycles. The van der Waals surface area contributed by atoms with Crippen LogP contribution in [0, 0.1) is 0 Å². The normalized spacial score (nSPS) is 26.1. The molecule has 222 valence electrons. The largest absolute Gasteiger partial charge is 0.454 e. The van der Waals surface area contributed by atoms with Crippen LogP contribution in [-0.2, 0) is 21.3 Å². The molecule has 9 nitrogen and oxygen atoms in total. The summed E-state index contributed by atoms with van der Waals surface area (Å²) in [5.41, 5.74) is -1.25. The molecular formula is C29H34F3N3O6. The molecular weight excluding hydrogens is 543 g/mol. The first-order chi connectivity index (χ1) is 19.6. The Hall–Kier alpha value is -3.35. The number of likely N-dealkylation sites (tertiary alicyclic amines) is 1. The van der Waals surface area contributed by atoms with Crippen molar-refractivity contribution in [3.8, 4) is 11.5 Å². The average molecular weight is 578 g/mol. The van der Waals surface area contributed by atoms with Crippen LogP contribution in [0.3, 0.4) is 0 Å². The third-order valence-electron chi connectivity index (χ3n) is 8.09. The zero-order chi connectivity index (χ0) is 29.2. The number of alkyl halides is 3. The Balaban J connectivity index is 1.14. The van der Waals surface area contributed by atoms with Crippen molar-refractivity contribution in [1.29, 1.82) is 0 Å². The van der Waals surface area contributed by atoms with Crippen LogP contribution in [0.4, 0.5) is 13.2 Å². The zero-order valence-corrected chi connectivity index (χ0v) is 22.7. The summed E-state index contributed by atoms with van der Waals surface area (Å²) >= 11 is 0. The molecule has 3 N–H and O–H groups in total. The predicted octanol–water partition coefficient (Wildman–Crippen LogP) is 3.20. The lowest BCUT2D eigenvalue weighted by Crippen LogP contribution is -2.48. The number of benzene rings is 2. The highest BCUT2D eigenvalue weighted by molar-refractivity contribution is 5.96. The van der Waals surface area contributed by atoms with Crippen LogP contribution in [0.25, 0.3) is 0 Å². The Kier molecular flexibility index (Phi) is 8.44. The summed E-state index contributed by atoms with van der Waals surface area (Å²) in [5, 5.41) is 16.7. The molecule has 5 rings (SSSR count). The van der Waals surface area contributed by atoms with E-state index in [0.29, 0.717) is 44.0 Å². The van der Waals surface area contributed by atoms with Crippen molar-refractivity contribution in [3.63, 3.8) is 0 Å². The van der Waals surface area contributed by atoms with Gasteiger partial charge in [0.2, 0.25) is 12.7 Å². The van der Waals surface area contributed by atoms with Gasteiger partial charge in [-0.2, -0.15) is 13.2 Å². The number of fused-ring (bicyclic) bond motifs is 1. The molecule has 1 saturated carbocycles. The highest BCUT2D eigenvalue weighted by Gasteiger charge is 2.42. The summed E-state index contributed by atoms with van der Waals surface area (Å²) in [4.78, 5) is 27.3. The standard InChI is InChI=1S/C29H34F3N3O6/c1-2-39-25-16-35(21-8-10-28(38,11-9-21)19-6-7-23-24(13-19)41-17-40-23)15-22(25)34-26(36)14-33-27(37)18-4-3-5-20(12-18)29(30,31)32/h3-7,12-13,21-22,25,38H,2,8-11,14-17H2,1H3,(H,33,37)(H,34,36)/t21?,22-,25+,28?/m0/s1. The summed E-state index contributed by atoms with van der Waals surface area (Å²) in [7, 11) is 0. The fourth-order valence-corrected chi connectivity index (χ4v) is 5.90. The number of ether oxygens (including phenoxy) is 3. The van der Waals surface area contributed by atoms with Gasteiger partial charge < -0.3 is 30.0 Å². The summed E-state index contributed by atoms with van der Waals surface area (Å²) in [6, 6.07) is 9.49. The summed E-state index contributed by atoms with van der Waals surface area (Å²) < 4.78 is 55.6. The van der Waals surface area contributed by atoms with E-state index in [0.717, 1.165) is 36.6 Å². The molecule has 0 radical (unpaired) electrons. The second-order valence-electron chi connectivity index (χ2n) is 10.7. The maximum atomic E-state index is 13.0. The van der Waals surface area contributed by atoms with Gasteiger partial charge >= 0.3 is 6.18 Å². The highest BCUT2D eigenvalue weighted by atomic mass is 19.4. The van der Waals surface area contributed by atoms with Gasteiger partial charge in [-0.15, -0.1) is 0 Å². The van der Waals surface area contributed by atoms with E-state index >= 15 is 0 Å². The van der Waals surface area contributed by atoms with Gasteiger partial charge in [-0.3, -0.25) is 14.5 Å². The number of nitrogens with zero attached hydrogens (tertiary/aromatic N) is 1. The number of hydrogen-bond acceptors (Lipinski definition) is 7. The van der Waals surface area contributed by atoms with Crippen LogP contribution < -0.4 is 20.1 Å². The Morgan fingerprint density at radius 3 is 2.59 bits per heavy atom. The lowest BCUT2D eigenvalue weighted by atomic mass is 9.77.